The Kier molecular flexibility index (Phi) is 9.60. The summed E-state index contributed by atoms with van der Waals surface area (Å²) in [6.45, 7) is 3.91. The van der Waals surface area contributed by atoms with Crippen molar-refractivity contribution in [3.8, 4) is 11.5 Å². The van der Waals surface area contributed by atoms with Gasteiger partial charge < -0.3 is 30.1 Å². The van der Waals surface area contributed by atoms with Crippen LogP contribution in [0.5, 0.6) is 11.5 Å². The van der Waals surface area contributed by atoms with Gasteiger partial charge in [0.15, 0.2) is 0 Å². The molecule has 30 heavy (non-hydrogen) atoms. The predicted octanol–water partition coefficient (Wildman–Crippen LogP) is 0.394. The molecule has 0 unspecified atom stereocenters. The van der Waals surface area contributed by atoms with E-state index in [0.29, 0.717) is 17.1 Å². The molecule has 1 rings (SSSR count). The number of nitrogens with one attached hydrogen (secondary N) is 2. The van der Waals surface area contributed by atoms with Gasteiger partial charge in [-0.1, -0.05) is 13.8 Å². The second-order valence-electron chi connectivity index (χ2n) is 6.91. The molecule has 0 aromatic heterocycles. The number of nitrogens with zero attached hydrogens (tertiary/aromatic N) is 1. The first kappa shape index (κ1) is 24.7. The first-order valence-corrected chi connectivity index (χ1v) is 9.35. The largest absolute Gasteiger partial charge is 0.497 e. The Balaban J connectivity index is 3.28. The van der Waals surface area contributed by atoms with Crippen molar-refractivity contribution < 1.29 is 33.8 Å². The molecule has 1 aromatic carbocycles. The van der Waals surface area contributed by atoms with Gasteiger partial charge in [-0.15, -0.1) is 0 Å². The maximum atomic E-state index is 12.9. The van der Waals surface area contributed by atoms with Gasteiger partial charge in [0, 0.05) is 18.6 Å². The Morgan fingerprint density at radius 2 is 1.73 bits per heavy atom. The van der Waals surface area contributed by atoms with Gasteiger partial charge in [-0.25, -0.2) is 0 Å². The zero-order valence-electron chi connectivity index (χ0n) is 17.9. The van der Waals surface area contributed by atoms with E-state index >= 15 is 0 Å². The Morgan fingerprint density at radius 1 is 1.07 bits per heavy atom. The third kappa shape index (κ3) is 7.26. The van der Waals surface area contributed by atoms with Crippen LogP contribution in [-0.4, -0.2) is 67.0 Å². The summed E-state index contributed by atoms with van der Waals surface area (Å²) in [5.41, 5.74) is 0.617. The highest BCUT2D eigenvalue weighted by Crippen LogP contribution is 2.27. The van der Waals surface area contributed by atoms with Gasteiger partial charge in [0.1, 0.15) is 24.1 Å². The summed E-state index contributed by atoms with van der Waals surface area (Å²) in [4.78, 5) is 49.0. The molecule has 0 saturated heterocycles. The molecule has 0 fully saturated rings. The van der Waals surface area contributed by atoms with E-state index in [1.165, 1.54) is 26.0 Å². The summed E-state index contributed by atoms with van der Waals surface area (Å²) in [6.07, 6.45) is 0. The van der Waals surface area contributed by atoms with Crippen molar-refractivity contribution in [2.75, 3.05) is 27.3 Å². The molecule has 166 valence electrons. The lowest BCUT2D eigenvalue weighted by atomic mass is 10.00. The average Bonchev–Trinajstić information content (AvgIpc) is 2.69. The molecule has 0 aliphatic rings. The van der Waals surface area contributed by atoms with Gasteiger partial charge >= 0.3 is 5.97 Å². The minimum Gasteiger partial charge on any atom is -0.497 e. The van der Waals surface area contributed by atoms with Gasteiger partial charge in [-0.05, 0) is 18.1 Å². The van der Waals surface area contributed by atoms with Crippen molar-refractivity contribution in [1.29, 1.82) is 0 Å². The van der Waals surface area contributed by atoms with Crippen LogP contribution >= 0.6 is 0 Å². The van der Waals surface area contributed by atoms with E-state index in [1.54, 1.807) is 32.0 Å². The van der Waals surface area contributed by atoms with E-state index in [2.05, 4.69) is 10.6 Å². The smallest absolute Gasteiger partial charge is 0.322 e. The number of carbonyl (C=O) groups excluding carboxylic acids is 3. The van der Waals surface area contributed by atoms with Crippen LogP contribution in [0.15, 0.2) is 18.2 Å². The first-order valence-electron chi connectivity index (χ1n) is 9.35. The lowest BCUT2D eigenvalue weighted by Crippen LogP contribution is -2.54. The molecular weight excluding hydrogens is 394 g/mol. The molecule has 0 bridgehead atoms. The highest BCUT2D eigenvalue weighted by Gasteiger charge is 2.33. The molecule has 1 aromatic rings. The van der Waals surface area contributed by atoms with Gasteiger partial charge in [0.25, 0.3) is 0 Å². The monoisotopic (exact) mass is 423 g/mol. The van der Waals surface area contributed by atoms with Crippen LogP contribution in [0.4, 0.5) is 0 Å². The van der Waals surface area contributed by atoms with Crippen LogP contribution in [0.2, 0.25) is 0 Å². The second kappa shape index (κ2) is 11.6. The maximum Gasteiger partial charge on any atom is 0.322 e. The lowest BCUT2D eigenvalue weighted by Gasteiger charge is -2.34. The molecule has 0 heterocycles. The molecule has 1 atom stereocenters. The number of amides is 3. The summed E-state index contributed by atoms with van der Waals surface area (Å²) >= 11 is 0. The summed E-state index contributed by atoms with van der Waals surface area (Å²) < 4.78 is 10.6. The quantitative estimate of drug-likeness (QED) is 0.469. The van der Waals surface area contributed by atoms with E-state index in [0.717, 1.165) is 0 Å². The van der Waals surface area contributed by atoms with E-state index in [9.17, 15) is 19.2 Å². The van der Waals surface area contributed by atoms with Gasteiger partial charge in [-0.2, -0.15) is 0 Å². The third-order valence-electron chi connectivity index (χ3n) is 4.29. The second-order valence-corrected chi connectivity index (χ2v) is 6.91. The van der Waals surface area contributed by atoms with Crippen LogP contribution in [0.3, 0.4) is 0 Å². The molecule has 0 saturated carbocycles. The Labute approximate surface area is 175 Å². The van der Waals surface area contributed by atoms with E-state index < -0.39 is 30.4 Å². The number of ether oxygens (including phenoxy) is 2. The van der Waals surface area contributed by atoms with Crippen LogP contribution in [0.1, 0.15) is 26.3 Å². The Morgan fingerprint density at radius 3 is 2.23 bits per heavy atom. The highest BCUT2D eigenvalue weighted by molar-refractivity contribution is 5.91. The van der Waals surface area contributed by atoms with Crippen LogP contribution < -0.4 is 20.1 Å². The minimum atomic E-state index is -1.20. The van der Waals surface area contributed by atoms with Crippen molar-refractivity contribution in [2.45, 2.75) is 33.4 Å². The molecule has 3 N–H and O–H groups in total. The van der Waals surface area contributed by atoms with Crippen molar-refractivity contribution >= 4 is 23.7 Å². The van der Waals surface area contributed by atoms with Crippen LogP contribution in [0.25, 0.3) is 0 Å². The standard InChI is InChI=1S/C20H29N3O7/c1-12(2)19(20(28)22-10-18(26)27)23(17(25)9-21-13(3)24)11-14-6-7-15(29-4)8-16(14)30-5/h6-8,12,19H,9-11H2,1-5H3,(H,21,24)(H,22,28)(H,26,27)/t19-/m0/s1. The lowest BCUT2D eigenvalue weighted by molar-refractivity contribution is -0.144. The Hall–Kier alpha value is -3.30. The number of rotatable bonds is 11. The number of carbonyl (C=O) groups is 4. The number of hydrogen-bond acceptors (Lipinski definition) is 6. The number of hydrogen-bond donors (Lipinski definition) is 3. The molecular formula is C20H29N3O7. The SMILES string of the molecule is COc1ccc(CN(C(=O)CNC(C)=O)[C@H](C(=O)NCC(=O)O)C(C)C)c(OC)c1. The maximum absolute atomic E-state index is 12.9. The number of carboxylic acids is 1. The normalized spacial score (nSPS) is 11.4. The van der Waals surface area contributed by atoms with Crippen molar-refractivity contribution in [3.05, 3.63) is 23.8 Å². The summed E-state index contributed by atoms with van der Waals surface area (Å²) in [6, 6.07) is 4.10. The van der Waals surface area contributed by atoms with Crippen molar-refractivity contribution in [1.82, 2.24) is 15.5 Å². The first-order chi connectivity index (χ1) is 14.1. The predicted molar refractivity (Wildman–Crippen MR) is 108 cm³/mol. The molecule has 0 radical (unpaired) electrons. The molecule has 3 amide bonds. The fourth-order valence-electron chi connectivity index (χ4n) is 2.88. The minimum absolute atomic E-state index is 0.00885. The molecule has 10 nitrogen and oxygen atoms in total. The van der Waals surface area contributed by atoms with Gasteiger partial charge in [-0.3, -0.25) is 19.2 Å². The number of carboxylic acid groups (broad SMARTS) is 1. The fraction of sp³-hybridized carbons (Fsp3) is 0.500. The summed E-state index contributed by atoms with van der Waals surface area (Å²) in [5.74, 6) is -1.99. The third-order valence-corrected chi connectivity index (χ3v) is 4.29. The molecule has 10 heteroatoms. The molecule has 0 aliphatic heterocycles. The van der Waals surface area contributed by atoms with Crippen LogP contribution in [-0.2, 0) is 25.7 Å². The van der Waals surface area contributed by atoms with Crippen molar-refractivity contribution in [3.63, 3.8) is 0 Å². The highest BCUT2D eigenvalue weighted by atomic mass is 16.5. The van der Waals surface area contributed by atoms with E-state index in [1.807, 2.05) is 0 Å². The average molecular weight is 423 g/mol. The zero-order chi connectivity index (χ0) is 22.8. The topological polar surface area (TPSA) is 134 Å². The van der Waals surface area contributed by atoms with Gasteiger partial charge in [0.05, 0.1) is 27.3 Å². The number of aliphatic carboxylic acids is 1. The molecule has 0 spiro atoms. The Bertz CT molecular complexity index is 780. The fourth-order valence-corrected chi connectivity index (χ4v) is 2.88. The molecule has 0 aliphatic carbocycles. The zero-order valence-corrected chi connectivity index (χ0v) is 17.9. The summed E-state index contributed by atoms with van der Waals surface area (Å²) in [5, 5.41) is 13.6. The number of benzene rings is 1. The van der Waals surface area contributed by atoms with E-state index in [4.69, 9.17) is 14.6 Å². The van der Waals surface area contributed by atoms with Gasteiger partial charge in [0.2, 0.25) is 17.7 Å². The van der Waals surface area contributed by atoms with Crippen LogP contribution in [0, 0.1) is 5.92 Å². The number of methoxy groups -OCH3 is 2. The summed E-state index contributed by atoms with van der Waals surface area (Å²) in [7, 11) is 2.99. The van der Waals surface area contributed by atoms with Crippen molar-refractivity contribution in [2.24, 2.45) is 5.92 Å². The van der Waals surface area contributed by atoms with E-state index in [-0.39, 0.29) is 24.9 Å².